The lowest BCUT2D eigenvalue weighted by Crippen LogP contribution is -2.39. The minimum absolute atomic E-state index is 0.0971. The Labute approximate surface area is 157 Å². The fourth-order valence-corrected chi connectivity index (χ4v) is 3.77. The minimum atomic E-state index is -0.537. The van der Waals surface area contributed by atoms with Gasteiger partial charge in [0.1, 0.15) is 0 Å². The number of anilines is 1. The Bertz CT molecular complexity index is 855. The highest BCUT2D eigenvalue weighted by Gasteiger charge is 2.30. The fraction of sp³-hybridized carbons (Fsp3) is 0.474. The molecule has 0 unspecified atom stereocenters. The number of hydrogen-bond donors (Lipinski definition) is 2. The van der Waals surface area contributed by atoms with Gasteiger partial charge in [0, 0.05) is 24.5 Å². The third-order valence-corrected chi connectivity index (χ3v) is 5.08. The molecule has 1 aliphatic carbocycles. The van der Waals surface area contributed by atoms with Crippen LogP contribution in [0.15, 0.2) is 16.7 Å². The summed E-state index contributed by atoms with van der Waals surface area (Å²) >= 11 is 0. The minimum Gasteiger partial charge on any atom is -0.366 e. The van der Waals surface area contributed by atoms with Gasteiger partial charge in [-0.3, -0.25) is 9.59 Å². The molecule has 0 spiro atoms. The molecule has 27 heavy (non-hydrogen) atoms. The number of benzene rings is 1. The molecule has 0 radical (unpaired) electrons. The second-order valence-corrected chi connectivity index (χ2v) is 6.88. The quantitative estimate of drug-likeness (QED) is 0.472. The normalized spacial score (nSPS) is 14.9. The second-order valence-electron chi connectivity index (χ2n) is 6.88. The van der Waals surface area contributed by atoms with Crippen molar-refractivity contribution in [2.75, 3.05) is 5.01 Å². The number of amides is 2. The number of nitrogens with zero attached hydrogens (tertiary/aromatic N) is 3. The fourth-order valence-electron chi connectivity index (χ4n) is 3.77. The first-order valence-electron chi connectivity index (χ1n) is 9.29. The first-order valence-corrected chi connectivity index (χ1v) is 9.29. The van der Waals surface area contributed by atoms with E-state index < -0.39 is 5.91 Å². The van der Waals surface area contributed by atoms with E-state index >= 15 is 0 Å². The Morgan fingerprint density at radius 2 is 1.96 bits per heavy atom. The van der Waals surface area contributed by atoms with Crippen molar-refractivity contribution in [1.29, 1.82) is 0 Å². The molecule has 1 aliphatic rings. The van der Waals surface area contributed by atoms with E-state index in [1.54, 1.807) is 26.0 Å². The third-order valence-electron chi connectivity index (χ3n) is 5.08. The summed E-state index contributed by atoms with van der Waals surface area (Å²) in [6.07, 6.45) is 5.32. The zero-order valence-corrected chi connectivity index (χ0v) is 15.7. The molecule has 1 aromatic heterocycles. The van der Waals surface area contributed by atoms with E-state index in [-0.39, 0.29) is 18.2 Å². The van der Waals surface area contributed by atoms with Crippen LogP contribution >= 0.6 is 0 Å². The van der Waals surface area contributed by atoms with Crippen molar-refractivity contribution in [1.82, 2.24) is 10.1 Å². The van der Waals surface area contributed by atoms with E-state index in [4.69, 9.17) is 16.1 Å². The molecule has 0 saturated heterocycles. The number of aryl methyl sites for hydroxylation is 1. The van der Waals surface area contributed by atoms with Crippen LogP contribution in [0.4, 0.5) is 5.69 Å². The van der Waals surface area contributed by atoms with E-state index in [2.05, 4.69) is 10.1 Å². The van der Waals surface area contributed by atoms with Gasteiger partial charge >= 0.3 is 0 Å². The molecule has 1 fully saturated rings. The van der Waals surface area contributed by atoms with Gasteiger partial charge in [-0.25, -0.2) is 10.9 Å². The van der Waals surface area contributed by atoms with Gasteiger partial charge in [0.05, 0.1) is 5.69 Å². The number of primary amides is 1. The van der Waals surface area contributed by atoms with Gasteiger partial charge in [-0.15, -0.1) is 0 Å². The number of nitrogens with two attached hydrogens (primary N) is 2. The number of hydrogen-bond acceptors (Lipinski definition) is 6. The van der Waals surface area contributed by atoms with Crippen LogP contribution in [0.25, 0.3) is 11.4 Å². The molecule has 3 rings (SSSR count). The predicted octanol–water partition coefficient (Wildman–Crippen LogP) is 2.81. The highest BCUT2D eigenvalue weighted by atomic mass is 16.5. The lowest BCUT2D eigenvalue weighted by molar-refractivity contribution is -0.118. The van der Waals surface area contributed by atoms with E-state index in [1.807, 2.05) is 0 Å². The lowest BCUT2D eigenvalue weighted by atomic mass is 9.80. The second kappa shape index (κ2) is 7.87. The molecule has 4 N–H and O–H groups in total. The van der Waals surface area contributed by atoms with Crippen molar-refractivity contribution in [2.24, 2.45) is 11.6 Å². The first kappa shape index (κ1) is 19.0. The summed E-state index contributed by atoms with van der Waals surface area (Å²) in [4.78, 5) is 28.9. The van der Waals surface area contributed by atoms with Crippen LogP contribution in [0.5, 0.6) is 0 Å². The van der Waals surface area contributed by atoms with E-state index in [0.717, 1.165) is 37.1 Å². The molecule has 8 heteroatoms. The largest absolute Gasteiger partial charge is 0.366 e. The Kier molecular flexibility index (Phi) is 5.55. The summed E-state index contributed by atoms with van der Waals surface area (Å²) < 4.78 is 5.11. The zero-order chi connectivity index (χ0) is 19.6. The Morgan fingerprint density at radius 1 is 1.26 bits per heavy atom. The molecule has 0 atom stereocenters. The number of rotatable bonds is 5. The SMILES string of the molecule is CCC(=O)N(N)c1c(-c2noc(C)n2)ccc(C(N)=O)c1C1CCCCC1. The van der Waals surface area contributed by atoms with Crippen LogP contribution in [0.3, 0.4) is 0 Å². The molecule has 144 valence electrons. The van der Waals surface area contributed by atoms with Gasteiger partial charge in [-0.1, -0.05) is 31.3 Å². The van der Waals surface area contributed by atoms with Gasteiger partial charge in [0.25, 0.3) is 0 Å². The average molecular weight is 371 g/mol. The van der Waals surface area contributed by atoms with Gasteiger partial charge in [0.15, 0.2) is 0 Å². The van der Waals surface area contributed by atoms with Crippen molar-refractivity contribution in [2.45, 2.75) is 58.3 Å². The average Bonchev–Trinajstić information content (AvgIpc) is 3.12. The maximum absolute atomic E-state index is 12.4. The molecule has 1 saturated carbocycles. The van der Waals surface area contributed by atoms with E-state index in [9.17, 15) is 9.59 Å². The third kappa shape index (κ3) is 3.71. The lowest BCUT2D eigenvalue weighted by Gasteiger charge is -2.30. The summed E-state index contributed by atoms with van der Waals surface area (Å²) in [6, 6.07) is 3.34. The van der Waals surface area contributed by atoms with Crippen molar-refractivity contribution < 1.29 is 14.1 Å². The maximum atomic E-state index is 12.4. The summed E-state index contributed by atoms with van der Waals surface area (Å²) in [5, 5.41) is 5.09. The van der Waals surface area contributed by atoms with Crippen molar-refractivity contribution in [3.63, 3.8) is 0 Å². The van der Waals surface area contributed by atoms with Crippen LogP contribution in [0.2, 0.25) is 0 Å². The Balaban J connectivity index is 2.28. The van der Waals surface area contributed by atoms with Crippen molar-refractivity contribution in [3.8, 4) is 11.4 Å². The van der Waals surface area contributed by atoms with Crippen LogP contribution in [0, 0.1) is 6.92 Å². The highest BCUT2D eigenvalue weighted by molar-refractivity contribution is 6.03. The molecule has 1 heterocycles. The van der Waals surface area contributed by atoms with E-state index in [1.165, 1.54) is 0 Å². The van der Waals surface area contributed by atoms with Gasteiger partial charge in [-0.05, 0) is 36.5 Å². The van der Waals surface area contributed by atoms with Crippen LogP contribution in [-0.4, -0.2) is 22.0 Å². The van der Waals surface area contributed by atoms with E-state index in [0.29, 0.717) is 34.1 Å². The molecule has 8 nitrogen and oxygen atoms in total. The van der Waals surface area contributed by atoms with Crippen LogP contribution < -0.4 is 16.6 Å². The van der Waals surface area contributed by atoms with Crippen LogP contribution in [-0.2, 0) is 4.79 Å². The topological polar surface area (TPSA) is 128 Å². The maximum Gasteiger partial charge on any atom is 0.249 e. The molecule has 0 aliphatic heterocycles. The molecule has 1 aromatic carbocycles. The Hall–Kier alpha value is -2.74. The Morgan fingerprint density at radius 3 is 2.52 bits per heavy atom. The molecule has 2 amide bonds. The zero-order valence-electron chi connectivity index (χ0n) is 15.7. The smallest absolute Gasteiger partial charge is 0.249 e. The summed E-state index contributed by atoms with van der Waals surface area (Å²) in [6.45, 7) is 3.42. The van der Waals surface area contributed by atoms with Gasteiger partial charge in [0.2, 0.25) is 23.5 Å². The number of aromatic nitrogens is 2. The van der Waals surface area contributed by atoms with Gasteiger partial charge in [-0.2, -0.15) is 4.98 Å². The molecule has 2 aromatic rings. The molecular weight excluding hydrogens is 346 g/mol. The highest BCUT2D eigenvalue weighted by Crippen LogP contribution is 2.43. The summed E-state index contributed by atoms with van der Waals surface area (Å²) in [7, 11) is 0. The molecular formula is C19H25N5O3. The molecule has 0 bridgehead atoms. The number of hydrazine groups is 1. The standard InChI is InChI=1S/C19H25N5O3/c1-3-15(25)24(21)17-14(19-22-11(2)27-23-19)10-9-13(18(20)26)16(17)12-7-5-4-6-8-12/h9-10,12H,3-8,21H2,1-2H3,(H2,20,26). The summed E-state index contributed by atoms with van der Waals surface area (Å²) in [5.41, 5.74) is 7.77. The number of carbonyl (C=O) groups excluding carboxylic acids is 2. The van der Waals surface area contributed by atoms with Crippen molar-refractivity contribution in [3.05, 3.63) is 29.2 Å². The van der Waals surface area contributed by atoms with Gasteiger partial charge < -0.3 is 10.3 Å². The summed E-state index contributed by atoms with van der Waals surface area (Å²) in [5.74, 6) is 6.24. The number of carbonyl (C=O) groups is 2. The van der Waals surface area contributed by atoms with Crippen LogP contribution in [0.1, 0.15) is 73.2 Å². The first-order chi connectivity index (χ1) is 12.9. The van der Waals surface area contributed by atoms with Crippen molar-refractivity contribution >= 4 is 17.5 Å². The predicted molar refractivity (Wildman–Crippen MR) is 101 cm³/mol. The monoisotopic (exact) mass is 371 g/mol.